The lowest BCUT2D eigenvalue weighted by Gasteiger charge is -2.06. The Kier molecular flexibility index (Phi) is 4.01. The van der Waals surface area contributed by atoms with Crippen LogP contribution in [0.25, 0.3) is 21.7 Å². The summed E-state index contributed by atoms with van der Waals surface area (Å²) < 4.78 is 2.69. The molecule has 0 aliphatic rings. The monoisotopic (exact) mass is 401 g/mol. The molecular weight excluding hydrogens is 393 g/mol. The molecule has 2 N–H and O–H groups in total. The summed E-state index contributed by atoms with van der Waals surface area (Å²) in [5, 5.41) is 5.67. The highest BCUT2D eigenvalue weighted by molar-refractivity contribution is 9.11. The summed E-state index contributed by atoms with van der Waals surface area (Å²) in [6.45, 7) is 0. The molecule has 1 aromatic carbocycles. The zero-order chi connectivity index (χ0) is 15.1. The molecule has 0 aliphatic heterocycles. The van der Waals surface area contributed by atoms with Gasteiger partial charge in [0.15, 0.2) is 0 Å². The fraction of sp³-hybridized carbons (Fsp3) is 0.0714. The Balaban J connectivity index is 2.26. The van der Waals surface area contributed by atoms with E-state index < -0.39 is 0 Å². The zero-order valence-electron chi connectivity index (χ0n) is 10.9. The summed E-state index contributed by atoms with van der Waals surface area (Å²) in [7, 11) is 1.81. The van der Waals surface area contributed by atoms with Crippen LogP contribution in [0.5, 0.6) is 0 Å². The number of hydrogen-bond donors (Lipinski definition) is 1. The van der Waals surface area contributed by atoms with Gasteiger partial charge in [-0.05, 0) is 40.2 Å². The average molecular weight is 403 g/mol. The molecular formula is C14H10BrCl2N3S. The maximum absolute atomic E-state index is 6.33. The van der Waals surface area contributed by atoms with Gasteiger partial charge in [0, 0.05) is 17.6 Å². The van der Waals surface area contributed by atoms with Crippen molar-refractivity contribution < 1.29 is 0 Å². The molecule has 0 aliphatic carbocycles. The normalized spacial score (nSPS) is 11.0. The maximum Gasteiger partial charge on any atom is 0.130 e. The van der Waals surface area contributed by atoms with Crippen LogP contribution < -0.4 is 5.73 Å². The van der Waals surface area contributed by atoms with E-state index in [-0.39, 0.29) is 0 Å². The van der Waals surface area contributed by atoms with E-state index in [1.807, 2.05) is 25.2 Å². The van der Waals surface area contributed by atoms with E-state index >= 15 is 0 Å². The fourth-order valence-electron chi connectivity index (χ4n) is 2.11. The second-order valence-electron chi connectivity index (χ2n) is 4.46. The molecule has 3 rings (SSSR count). The van der Waals surface area contributed by atoms with Gasteiger partial charge < -0.3 is 5.73 Å². The van der Waals surface area contributed by atoms with Crippen LogP contribution in [-0.2, 0) is 7.05 Å². The molecule has 21 heavy (non-hydrogen) atoms. The maximum atomic E-state index is 6.33. The van der Waals surface area contributed by atoms with Gasteiger partial charge in [-0.15, -0.1) is 11.3 Å². The summed E-state index contributed by atoms with van der Waals surface area (Å²) in [5.41, 5.74) is 8.66. The van der Waals surface area contributed by atoms with Crippen molar-refractivity contribution in [1.29, 1.82) is 0 Å². The zero-order valence-corrected chi connectivity index (χ0v) is 14.8. The van der Waals surface area contributed by atoms with Gasteiger partial charge in [-0.2, -0.15) is 5.10 Å². The molecule has 3 nitrogen and oxygen atoms in total. The van der Waals surface area contributed by atoms with Gasteiger partial charge >= 0.3 is 0 Å². The first kappa shape index (κ1) is 14.9. The summed E-state index contributed by atoms with van der Waals surface area (Å²) in [4.78, 5) is 1.02. The first-order valence-corrected chi connectivity index (χ1v) is 8.37. The highest BCUT2D eigenvalue weighted by Gasteiger charge is 2.20. The fourth-order valence-corrected chi connectivity index (χ4v) is 3.99. The van der Waals surface area contributed by atoms with Gasteiger partial charge in [-0.3, -0.25) is 4.68 Å². The van der Waals surface area contributed by atoms with Crippen LogP contribution in [-0.4, -0.2) is 9.78 Å². The molecule has 0 radical (unpaired) electrons. The van der Waals surface area contributed by atoms with E-state index in [1.54, 1.807) is 28.2 Å². The van der Waals surface area contributed by atoms with E-state index in [0.29, 0.717) is 15.9 Å². The highest BCUT2D eigenvalue weighted by Crippen LogP contribution is 2.42. The van der Waals surface area contributed by atoms with Crippen molar-refractivity contribution in [2.24, 2.45) is 7.05 Å². The molecule has 0 unspecified atom stereocenters. The van der Waals surface area contributed by atoms with Gasteiger partial charge in [-0.25, -0.2) is 0 Å². The van der Waals surface area contributed by atoms with Crippen molar-refractivity contribution in [3.8, 4) is 21.7 Å². The van der Waals surface area contributed by atoms with Crippen LogP contribution >= 0.6 is 50.5 Å². The smallest absolute Gasteiger partial charge is 0.130 e. The number of thiophene rings is 1. The molecule has 0 fully saturated rings. The van der Waals surface area contributed by atoms with Crippen molar-refractivity contribution >= 4 is 56.3 Å². The Labute approximate surface area is 144 Å². The van der Waals surface area contributed by atoms with Crippen molar-refractivity contribution in [2.75, 3.05) is 5.73 Å². The summed E-state index contributed by atoms with van der Waals surface area (Å²) in [5.74, 6) is 0.568. The summed E-state index contributed by atoms with van der Waals surface area (Å²) in [6, 6.07) is 9.36. The molecule has 7 heteroatoms. The number of aromatic nitrogens is 2. The Bertz CT molecular complexity index is 826. The van der Waals surface area contributed by atoms with Crippen LogP contribution in [0.4, 0.5) is 5.82 Å². The quantitative estimate of drug-likeness (QED) is 0.617. The van der Waals surface area contributed by atoms with E-state index in [9.17, 15) is 0 Å². The van der Waals surface area contributed by atoms with Gasteiger partial charge in [0.25, 0.3) is 0 Å². The van der Waals surface area contributed by atoms with Crippen molar-refractivity contribution in [3.05, 3.63) is 44.2 Å². The van der Waals surface area contributed by atoms with E-state index in [1.165, 1.54) is 0 Å². The molecule has 0 saturated carbocycles. The highest BCUT2D eigenvalue weighted by atomic mass is 79.9. The number of hydrogen-bond acceptors (Lipinski definition) is 3. The Morgan fingerprint density at radius 3 is 2.62 bits per heavy atom. The number of rotatable bonds is 2. The molecule has 2 aromatic heterocycles. The minimum absolute atomic E-state index is 0.555. The lowest BCUT2D eigenvalue weighted by atomic mass is 10.0. The third-order valence-corrected chi connectivity index (χ3v) is 5.28. The Morgan fingerprint density at radius 2 is 2.00 bits per heavy atom. The van der Waals surface area contributed by atoms with Crippen molar-refractivity contribution in [3.63, 3.8) is 0 Å². The van der Waals surface area contributed by atoms with Gasteiger partial charge in [0.05, 0.1) is 19.2 Å². The van der Waals surface area contributed by atoms with Crippen LogP contribution in [0.3, 0.4) is 0 Å². The van der Waals surface area contributed by atoms with Crippen LogP contribution in [0.2, 0.25) is 10.0 Å². The molecule has 3 aromatic rings. The molecule has 0 atom stereocenters. The SMILES string of the molecule is Cn1nc(-c2ccc(Br)s2)c(-c2ccc(Cl)cc2Cl)c1N. The first-order chi connectivity index (χ1) is 9.97. The topological polar surface area (TPSA) is 43.8 Å². The number of benzene rings is 1. The molecule has 0 spiro atoms. The van der Waals surface area contributed by atoms with Crippen molar-refractivity contribution in [2.45, 2.75) is 0 Å². The Morgan fingerprint density at radius 1 is 1.24 bits per heavy atom. The van der Waals surface area contributed by atoms with Crippen LogP contribution in [0.1, 0.15) is 0 Å². The van der Waals surface area contributed by atoms with Crippen LogP contribution in [0, 0.1) is 0 Å². The molecule has 108 valence electrons. The number of nitrogens with two attached hydrogens (primary N) is 1. The largest absolute Gasteiger partial charge is 0.383 e. The first-order valence-electron chi connectivity index (χ1n) is 6.01. The molecule has 0 saturated heterocycles. The lowest BCUT2D eigenvalue weighted by molar-refractivity contribution is 0.783. The summed E-state index contributed by atoms with van der Waals surface area (Å²) >= 11 is 17.4. The van der Waals surface area contributed by atoms with Gasteiger partial charge in [0.1, 0.15) is 11.5 Å². The third-order valence-electron chi connectivity index (χ3n) is 3.10. The van der Waals surface area contributed by atoms with E-state index in [2.05, 4.69) is 21.0 Å². The minimum Gasteiger partial charge on any atom is -0.383 e. The summed E-state index contributed by atoms with van der Waals surface area (Å²) in [6.07, 6.45) is 0. The van der Waals surface area contributed by atoms with E-state index in [4.69, 9.17) is 28.9 Å². The minimum atomic E-state index is 0.555. The number of anilines is 1. The lowest BCUT2D eigenvalue weighted by Crippen LogP contribution is -1.98. The van der Waals surface area contributed by atoms with Crippen LogP contribution in [0.15, 0.2) is 34.1 Å². The number of halogens is 3. The predicted octanol–water partition coefficient (Wildman–Crippen LogP) is 5.47. The predicted molar refractivity (Wildman–Crippen MR) is 94.1 cm³/mol. The molecule has 2 heterocycles. The molecule has 0 bridgehead atoms. The second kappa shape index (κ2) is 5.65. The Hall–Kier alpha value is -1.01. The van der Waals surface area contributed by atoms with Crippen molar-refractivity contribution in [1.82, 2.24) is 9.78 Å². The number of nitrogen functional groups attached to an aromatic ring is 1. The number of aryl methyl sites for hydroxylation is 1. The van der Waals surface area contributed by atoms with Gasteiger partial charge in [0.2, 0.25) is 0 Å². The third kappa shape index (κ3) is 2.71. The van der Waals surface area contributed by atoms with E-state index in [0.717, 1.165) is 25.5 Å². The molecule has 0 amide bonds. The second-order valence-corrected chi connectivity index (χ2v) is 7.77. The standard InChI is InChI=1S/C14H10BrCl2N3S/c1-20-14(18)12(8-3-2-7(16)6-9(8)17)13(19-20)10-4-5-11(15)21-10/h2-6H,18H2,1H3. The number of nitrogens with zero attached hydrogens (tertiary/aromatic N) is 2. The van der Waals surface area contributed by atoms with Gasteiger partial charge in [-0.1, -0.05) is 29.3 Å². The average Bonchev–Trinajstić information content (AvgIpc) is 2.96.